The van der Waals surface area contributed by atoms with Crippen molar-refractivity contribution in [2.45, 2.75) is 13.8 Å². The second kappa shape index (κ2) is 6.42. The van der Waals surface area contributed by atoms with Crippen LogP contribution in [0.1, 0.15) is 11.3 Å². The molecule has 6 heteroatoms. The van der Waals surface area contributed by atoms with Gasteiger partial charge in [0.05, 0.1) is 23.5 Å². The number of imidazole rings is 1. The third-order valence-corrected chi connectivity index (χ3v) is 4.59. The molecular formula is C20H19ClN4O. The van der Waals surface area contributed by atoms with E-state index in [0.717, 1.165) is 45.4 Å². The summed E-state index contributed by atoms with van der Waals surface area (Å²) in [6, 6.07) is 11.8. The summed E-state index contributed by atoms with van der Waals surface area (Å²) in [4.78, 5) is 7.90. The summed E-state index contributed by atoms with van der Waals surface area (Å²) in [6.45, 7) is 4.02. The van der Waals surface area contributed by atoms with Crippen LogP contribution in [-0.4, -0.2) is 21.5 Å². The number of hydrogen-bond donors (Lipinski definition) is 2. The highest BCUT2D eigenvalue weighted by atomic mass is 35.5. The predicted octanol–water partition coefficient (Wildman–Crippen LogP) is 5.35. The normalized spacial score (nSPS) is 11.1. The molecule has 0 unspecified atom stereocenters. The van der Waals surface area contributed by atoms with Crippen LogP contribution in [0.25, 0.3) is 16.9 Å². The van der Waals surface area contributed by atoms with E-state index in [-0.39, 0.29) is 0 Å². The summed E-state index contributed by atoms with van der Waals surface area (Å²) < 4.78 is 7.24. The van der Waals surface area contributed by atoms with Gasteiger partial charge in [-0.2, -0.15) is 0 Å². The minimum absolute atomic E-state index is 0.659. The number of nitrogens with zero attached hydrogens (tertiary/aromatic N) is 2. The first-order valence-electron chi connectivity index (χ1n) is 8.30. The van der Waals surface area contributed by atoms with E-state index in [1.807, 2.05) is 54.8 Å². The van der Waals surface area contributed by atoms with Crippen LogP contribution in [0.2, 0.25) is 5.02 Å². The van der Waals surface area contributed by atoms with Gasteiger partial charge in [0.15, 0.2) is 5.65 Å². The van der Waals surface area contributed by atoms with Gasteiger partial charge in [0.1, 0.15) is 11.6 Å². The molecule has 0 saturated heterocycles. The second-order valence-corrected chi connectivity index (χ2v) is 6.67. The van der Waals surface area contributed by atoms with E-state index >= 15 is 0 Å². The summed E-state index contributed by atoms with van der Waals surface area (Å²) >= 11 is 6.36. The van der Waals surface area contributed by atoms with Crippen LogP contribution in [0.15, 0.2) is 48.8 Å². The number of aromatic nitrogens is 3. The van der Waals surface area contributed by atoms with Gasteiger partial charge >= 0.3 is 0 Å². The van der Waals surface area contributed by atoms with Crippen LogP contribution in [0.3, 0.4) is 0 Å². The molecule has 0 bridgehead atoms. The van der Waals surface area contributed by atoms with Gasteiger partial charge in [0, 0.05) is 23.6 Å². The Morgan fingerprint density at radius 2 is 1.92 bits per heavy atom. The zero-order chi connectivity index (χ0) is 18.3. The van der Waals surface area contributed by atoms with Crippen molar-refractivity contribution in [3.8, 4) is 17.0 Å². The van der Waals surface area contributed by atoms with E-state index in [9.17, 15) is 0 Å². The van der Waals surface area contributed by atoms with E-state index < -0.39 is 0 Å². The Morgan fingerprint density at radius 1 is 1.15 bits per heavy atom. The first-order chi connectivity index (χ1) is 12.5. The molecule has 0 aliphatic heterocycles. The molecule has 0 amide bonds. The zero-order valence-electron chi connectivity index (χ0n) is 14.8. The molecule has 4 rings (SSSR count). The number of pyridine rings is 1. The molecule has 0 aliphatic carbocycles. The molecule has 132 valence electrons. The zero-order valence-corrected chi connectivity index (χ0v) is 15.6. The summed E-state index contributed by atoms with van der Waals surface area (Å²) in [7, 11) is 1.66. The molecule has 1 aromatic carbocycles. The van der Waals surface area contributed by atoms with Gasteiger partial charge in [-0.25, -0.2) is 4.98 Å². The highest BCUT2D eigenvalue weighted by Crippen LogP contribution is 2.31. The number of ether oxygens (including phenoxy) is 1. The van der Waals surface area contributed by atoms with Gasteiger partial charge in [-0.05, 0) is 55.8 Å². The molecule has 5 nitrogen and oxygen atoms in total. The molecule has 0 aliphatic rings. The Labute approximate surface area is 156 Å². The Balaban J connectivity index is 1.69. The minimum Gasteiger partial charge on any atom is -0.497 e. The highest BCUT2D eigenvalue weighted by Gasteiger charge is 2.15. The molecule has 3 aromatic heterocycles. The van der Waals surface area contributed by atoms with Crippen molar-refractivity contribution >= 4 is 28.8 Å². The number of aromatic amines is 1. The molecule has 26 heavy (non-hydrogen) atoms. The van der Waals surface area contributed by atoms with Crippen molar-refractivity contribution in [2.24, 2.45) is 0 Å². The molecule has 2 N–H and O–H groups in total. The summed E-state index contributed by atoms with van der Waals surface area (Å²) in [5.74, 6) is 1.73. The van der Waals surface area contributed by atoms with Gasteiger partial charge in [0.2, 0.25) is 0 Å². The number of aryl methyl sites for hydroxylation is 2. The second-order valence-electron chi connectivity index (χ2n) is 6.26. The Morgan fingerprint density at radius 3 is 2.65 bits per heavy atom. The summed E-state index contributed by atoms with van der Waals surface area (Å²) in [5.41, 5.74) is 5.86. The minimum atomic E-state index is 0.659. The Hall–Kier alpha value is -2.92. The highest BCUT2D eigenvalue weighted by molar-refractivity contribution is 6.33. The van der Waals surface area contributed by atoms with Crippen molar-refractivity contribution in [1.82, 2.24) is 14.4 Å². The van der Waals surface area contributed by atoms with Crippen LogP contribution >= 0.6 is 11.6 Å². The lowest BCUT2D eigenvalue weighted by Gasteiger charge is -2.05. The standard InChI is InChI=1S/C20H19ClN4O/c1-12-8-17(21)20-23-13(2)19(25(20)11-12)14-9-18(22-10-14)24-15-4-6-16(26-3)7-5-15/h4-11,22,24H,1-3H3. The number of rotatable bonds is 4. The van der Waals surface area contributed by atoms with E-state index in [1.54, 1.807) is 7.11 Å². The van der Waals surface area contributed by atoms with Crippen LogP contribution < -0.4 is 10.1 Å². The molecule has 0 radical (unpaired) electrons. The van der Waals surface area contributed by atoms with Crippen LogP contribution in [0.5, 0.6) is 5.75 Å². The fourth-order valence-corrected chi connectivity index (χ4v) is 3.43. The van der Waals surface area contributed by atoms with Gasteiger partial charge < -0.3 is 15.0 Å². The number of halogens is 1. The van der Waals surface area contributed by atoms with E-state index in [0.29, 0.717) is 5.02 Å². The molecule has 0 saturated carbocycles. The maximum absolute atomic E-state index is 6.36. The largest absolute Gasteiger partial charge is 0.497 e. The monoisotopic (exact) mass is 366 g/mol. The summed E-state index contributed by atoms with van der Waals surface area (Å²) in [6.07, 6.45) is 4.03. The SMILES string of the molecule is COc1ccc(Nc2cc(-c3c(C)nc4c(Cl)cc(C)cn34)c[nH]2)cc1. The quantitative estimate of drug-likeness (QED) is 0.511. The molecule has 0 spiro atoms. The first kappa shape index (κ1) is 16.5. The first-order valence-corrected chi connectivity index (χ1v) is 8.67. The lowest BCUT2D eigenvalue weighted by molar-refractivity contribution is 0.415. The summed E-state index contributed by atoms with van der Waals surface area (Å²) in [5, 5.41) is 4.02. The lowest BCUT2D eigenvalue weighted by Crippen LogP contribution is -1.91. The molecule has 0 atom stereocenters. The third-order valence-electron chi connectivity index (χ3n) is 4.31. The predicted molar refractivity (Wildman–Crippen MR) is 106 cm³/mol. The number of anilines is 2. The number of H-pyrrole nitrogens is 1. The Bertz CT molecular complexity index is 1080. The molecular weight excluding hydrogens is 348 g/mol. The number of hydrogen-bond acceptors (Lipinski definition) is 3. The van der Waals surface area contributed by atoms with E-state index in [1.165, 1.54) is 0 Å². The van der Waals surface area contributed by atoms with Crippen molar-refractivity contribution in [3.63, 3.8) is 0 Å². The van der Waals surface area contributed by atoms with Crippen molar-refractivity contribution in [3.05, 3.63) is 65.1 Å². The maximum atomic E-state index is 6.36. The van der Waals surface area contributed by atoms with E-state index in [2.05, 4.69) is 27.5 Å². The average molecular weight is 367 g/mol. The molecule has 4 aromatic rings. The van der Waals surface area contributed by atoms with Crippen molar-refractivity contribution in [1.29, 1.82) is 0 Å². The topological polar surface area (TPSA) is 54.4 Å². The van der Waals surface area contributed by atoms with Gasteiger partial charge in [0.25, 0.3) is 0 Å². The number of benzene rings is 1. The van der Waals surface area contributed by atoms with E-state index in [4.69, 9.17) is 16.3 Å². The molecule has 0 fully saturated rings. The van der Waals surface area contributed by atoms with Crippen LogP contribution in [-0.2, 0) is 0 Å². The van der Waals surface area contributed by atoms with Crippen LogP contribution in [0, 0.1) is 13.8 Å². The van der Waals surface area contributed by atoms with Gasteiger partial charge in [-0.1, -0.05) is 11.6 Å². The smallest absolute Gasteiger partial charge is 0.156 e. The van der Waals surface area contributed by atoms with Crippen molar-refractivity contribution < 1.29 is 4.74 Å². The fourth-order valence-electron chi connectivity index (χ4n) is 3.13. The maximum Gasteiger partial charge on any atom is 0.156 e. The van der Waals surface area contributed by atoms with Gasteiger partial charge in [-0.15, -0.1) is 0 Å². The Kier molecular flexibility index (Phi) is 4.09. The number of nitrogens with one attached hydrogen (secondary N) is 2. The third kappa shape index (κ3) is 2.91. The van der Waals surface area contributed by atoms with Crippen molar-refractivity contribution in [2.75, 3.05) is 12.4 Å². The lowest BCUT2D eigenvalue weighted by atomic mass is 10.2. The number of methoxy groups -OCH3 is 1. The molecule has 3 heterocycles. The number of fused-ring (bicyclic) bond motifs is 1. The van der Waals surface area contributed by atoms with Gasteiger partial charge in [-0.3, -0.25) is 4.40 Å². The average Bonchev–Trinajstić information content (AvgIpc) is 3.19. The van der Waals surface area contributed by atoms with Crippen LogP contribution in [0.4, 0.5) is 11.5 Å². The fraction of sp³-hybridized carbons (Fsp3) is 0.150.